The van der Waals surface area contributed by atoms with E-state index in [1.54, 1.807) is 0 Å². The van der Waals surface area contributed by atoms with Gasteiger partial charge in [0.1, 0.15) is 24.5 Å². The quantitative estimate of drug-likeness (QED) is 0.777. The highest BCUT2D eigenvalue weighted by molar-refractivity contribution is 5.27. The molecule has 0 bridgehead atoms. The third kappa shape index (κ3) is 5.22. The molecule has 142 valence electrons. The normalized spacial score (nSPS) is 17.7. The van der Waals surface area contributed by atoms with Crippen molar-refractivity contribution in [3.05, 3.63) is 95.9 Å². The average Bonchev–Trinajstić information content (AvgIpc) is 2.71. The Labute approximate surface area is 162 Å². The van der Waals surface area contributed by atoms with Crippen LogP contribution >= 0.6 is 0 Å². The summed E-state index contributed by atoms with van der Waals surface area (Å²) >= 11 is 0. The highest BCUT2D eigenvalue weighted by atomic mass is 16.5. The molecule has 0 aliphatic carbocycles. The van der Waals surface area contributed by atoms with Crippen molar-refractivity contribution >= 4 is 0 Å². The lowest BCUT2D eigenvalue weighted by Gasteiger charge is -2.37. The summed E-state index contributed by atoms with van der Waals surface area (Å²) in [6.45, 7) is 2.19. The molecule has 0 spiro atoms. The summed E-state index contributed by atoms with van der Waals surface area (Å²) in [6.07, 6.45) is 5.33. The number of ether oxygens (including phenoxy) is 1. The molecule has 2 aromatic carbocycles. The van der Waals surface area contributed by atoms with E-state index in [4.69, 9.17) is 4.74 Å². The van der Waals surface area contributed by atoms with E-state index in [9.17, 15) is 5.11 Å². The summed E-state index contributed by atoms with van der Waals surface area (Å²) in [5.74, 6) is 0.788. The Morgan fingerprint density at radius 1 is 1.04 bits per heavy atom. The first-order chi connectivity index (χ1) is 13.1. The molecule has 1 N–H and O–H groups in total. The fourth-order valence-corrected chi connectivity index (χ4v) is 3.18. The molecule has 0 saturated carbocycles. The minimum absolute atomic E-state index is 0.249. The number of hydrogen-bond donors (Lipinski definition) is 1. The van der Waals surface area contributed by atoms with Gasteiger partial charge in [-0.25, -0.2) is 0 Å². The molecular formula is C23H28N2O2. The van der Waals surface area contributed by atoms with Crippen LogP contribution in [0.5, 0.6) is 0 Å². The first-order valence-electron chi connectivity index (χ1n) is 9.34. The second-order valence-corrected chi connectivity index (χ2v) is 7.03. The molecular weight excluding hydrogens is 336 g/mol. The molecule has 0 fully saturated rings. The first-order valence-corrected chi connectivity index (χ1v) is 9.34. The van der Waals surface area contributed by atoms with Crippen LogP contribution in [0.25, 0.3) is 0 Å². The minimum Gasteiger partial charge on any atom is -0.491 e. The molecule has 2 unspecified atom stereocenters. The summed E-state index contributed by atoms with van der Waals surface area (Å²) < 4.78 is 6.16. The van der Waals surface area contributed by atoms with E-state index in [-0.39, 0.29) is 6.04 Å². The molecule has 3 rings (SSSR count). The topological polar surface area (TPSA) is 35.9 Å². The third-order valence-electron chi connectivity index (χ3n) is 4.68. The molecule has 0 aromatic heterocycles. The van der Waals surface area contributed by atoms with Crippen LogP contribution in [-0.2, 0) is 11.3 Å². The van der Waals surface area contributed by atoms with E-state index in [1.165, 1.54) is 0 Å². The van der Waals surface area contributed by atoms with E-state index < -0.39 is 6.10 Å². The maximum absolute atomic E-state index is 11.1. The van der Waals surface area contributed by atoms with Gasteiger partial charge in [0.25, 0.3) is 0 Å². The Morgan fingerprint density at radius 2 is 1.70 bits per heavy atom. The third-order valence-corrected chi connectivity index (χ3v) is 4.68. The largest absolute Gasteiger partial charge is 0.491 e. The number of benzene rings is 2. The zero-order valence-electron chi connectivity index (χ0n) is 16.0. The summed E-state index contributed by atoms with van der Waals surface area (Å²) in [5.41, 5.74) is 2.00. The van der Waals surface area contributed by atoms with Gasteiger partial charge in [-0.05, 0) is 37.4 Å². The fraction of sp³-hybridized carbons (Fsp3) is 0.304. The van der Waals surface area contributed by atoms with Crippen LogP contribution in [0, 0.1) is 0 Å². The molecule has 0 saturated heterocycles. The lowest BCUT2D eigenvalue weighted by Crippen LogP contribution is -2.42. The number of likely N-dealkylation sites (N-methyl/N-ethyl adjacent to an activating group) is 1. The van der Waals surface area contributed by atoms with Crippen molar-refractivity contribution in [3.8, 4) is 0 Å². The van der Waals surface area contributed by atoms with Crippen LogP contribution in [0.3, 0.4) is 0 Å². The SMILES string of the molecule is CN(C)CCN1C=CC=C(OCc2ccccc2)C1C(O)c1ccccc1. The van der Waals surface area contributed by atoms with Gasteiger partial charge in [0, 0.05) is 19.3 Å². The number of rotatable bonds is 8. The number of allylic oxidation sites excluding steroid dienone is 2. The fourth-order valence-electron chi connectivity index (χ4n) is 3.18. The summed E-state index contributed by atoms with van der Waals surface area (Å²) in [7, 11) is 4.11. The first kappa shape index (κ1) is 19.2. The highest BCUT2D eigenvalue weighted by Gasteiger charge is 2.32. The standard InChI is InChI=1S/C23H28N2O2/c1-24(2)16-17-25-15-9-14-21(27-18-19-10-5-3-6-11-19)22(25)23(26)20-12-7-4-8-13-20/h3-15,22-23,26H,16-18H2,1-2H3. The van der Waals surface area contributed by atoms with Crippen LogP contribution in [0.2, 0.25) is 0 Å². The van der Waals surface area contributed by atoms with Gasteiger partial charge in [-0.3, -0.25) is 0 Å². The number of aliphatic hydroxyl groups excluding tert-OH is 1. The van der Waals surface area contributed by atoms with Gasteiger partial charge >= 0.3 is 0 Å². The van der Waals surface area contributed by atoms with Gasteiger partial charge in [0.15, 0.2) is 0 Å². The minimum atomic E-state index is -0.666. The van der Waals surface area contributed by atoms with Gasteiger partial charge < -0.3 is 19.6 Å². The molecule has 4 nitrogen and oxygen atoms in total. The molecule has 1 aliphatic heterocycles. The molecule has 1 aliphatic rings. The summed E-state index contributed by atoms with van der Waals surface area (Å²) in [4.78, 5) is 4.31. The van der Waals surface area contributed by atoms with Crippen LogP contribution in [0.15, 0.2) is 84.8 Å². The van der Waals surface area contributed by atoms with Gasteiger partial charge in [0.05, 0.1) is 0 Å². The predicted octanol–water partition coefficient (Wildman–Crippen LogP) is 3.58. The molecule has 4 heteroatoms. The highest BCUT2D eigenvalue weighted by Crippen LogP contribution is 2.30. The van der Waals surface area contributed by atoms with Gasteiger partial charge in [-0.2, -0.15) is 0 Å². The molecule has 0 amide bonds. The van der Waals surface area contributed by atoms with E-state index in [1.807, 2.05) is 79.0 Å². The second-order valence-electron chi connectivity index (χ2n) is 7.03. The zero-order chi connectivity index (χ0) is 19.1. The number of aliphatic hydroxyl groups is 1. The zero-order valence-corrected chi connectivity index (χ0v) is 16.0. The smallest absolute Gasteiger partial charge is 0.122 e. The van der Waals surface area contributed by atoms with Crippen LogP contribution in [-0.4, -0.2) is 48.1 Å². The molecule has 2 atom stereocenters. The predicted molar refractivity (Wildman–Crippen MR) is 109 cm³/mol. The Morgan fingerprint density at radius 3 is 2.37 bits per heavy atom. The summed E-state index contributed by atoms with van der Waals surface area (Å²) in [5, 5.41) is 11.1. The average molecular weight is 364 g/mol. The van der Waals surface area contributed by atoms with Crippen molar-refractivity contribution in [2.75, 3.05) is 27.2 Å². The van der Waals surface area contributed by atoms with Crippen LogP contribution in [0.1, 0.15) is 17.2 Å². The lowest BCUT2D eigenvalue weighted by atomic mass is 9.97. The van der Waals surface area contributed by atoms with Crippen molar-refractivity contribution in [2.24, 2.45) is 0 Å². The van der Waals surface area contributed by atoms with Gasteiger partial charge in [-0.1, -0.05) is 60.7 Å². The molecule has 2 aromatic rings. The van der Waals surface area contributed by atoms with Gasteiger partial charge in [0.2, 0.25) is 0 Å². The van der Waals surface area contributed by atoms with Crippen LogP contribution < -0.4 is 0 Å². The van der Waals surface area contributed by atoms with E-state index in [0.717, 1.165) is 30.0 Å². The Hall–Kier alpha value is -2.56. The molecule has 1 heterocycles. The van der Waals surface area contributed by atoms with Gasteiger partial charge in [-0.15, -0.1) is 0 Å². The Bertz CT molecular complexity index is 756. The van der Waals surface area contributed by atoms with Crippen molar-refractivity contribution in [3.63, 3.8) is 0 Å². The lowest BCUT2D eigenvalue weighted by molar-refractivity contribution is 0.0412. The van der Waals surface area contributed by atoms with Crippen LogP contribution in [0.4, 0.5) is 0 Å². The van der Waals surface area contributed by atoms with Crippen molar-refractivity contribution in [2.45, 2.75) is 18.8 Å². The maximum atomic E-state index is 11.1. The van der Waals surface area contributed by atoms with Crippen molar-refractivity contribution in [1.29, 1.82) is 0 Å². The summed E-state index contributed by atoms with van der Waals surface area (Å²) in [6, 6.07) is 19.6. The van der Waals surface area contributed by atoms with E-state index in [0.29, 0.717) is 6.61 Å². The number of nitrogens with zero attached hydrogens (tertiary/aromatic N) is 2. The van der Waals surface area contributed by atoms with Crippen molar-refractivity contribution < 1.29 is 9.84 Å². The Balaban J connectivity index is 1.80. The monoisotopic (exact) mass is 364 g/mol. The number of hydrogen-bond acceptors (Lipinski definition) is 4. The van der Waals surface area contributed by atoms with E-state index in [2.05, 4.69) is 23.9 Å². The molecule has 27 heavy (non-hydrogen) atoms. The second kappa shape index (κ2) is 9.40. The Kier molecular flexibility index (Phi) is 6.69. The van der Waals surface area contributed by atoms with E-state index >= 15 is 0 Å². The molecule has 0 radical (unpaired) electrons. The maximum Gasteiger partial charge on any atom is 0.122 e. The van der Waals surface area contributed by atoms with Crippen molar-refractivity contribution in [1.82, 2.24) is 9.80 Å².